The third-order valence-electron chi connectivity index (χ3n) is 3.69. The van der Waals surface area contributed by atoms with Crippen molar-refractivity contribution in [1.82, 2.24) is 9.97 Å². The van der Waals surface area contributed by atoms with Crippen LogP contribution in [0.3, 0.4) is 0 Å². The second-order valence-corrected chi connectivity index (χ2v) is 6.91. The number of rotatable bonds is 4. The van der Waals surface area contributed by atoms with Gasteiger partial charge < -0.3 is 11.5 Å². The Balaban J connectivity index is 2.09. The van der Waals surface area contributed by atoms with Crippen molar-refractivity contribution in [1.29, 1.82) is 0 Å². The van der Waals surface area contributed by atoms with Crippen molar-refractivity contribution in [3.8, 4) is 22.5 Å². The Morgan fingerprint density at radius 3 is 1.38 bits per heavy atom. The summed E-state index contributed by atoms with van der Waals surface area (Å²) < 4.78 is 0. The van der Waals surface area contributed by atoms with Crippen LogP contribution >= 0.6 is 23.5 Å². The molecule has 0 unspecified atom stereocenters. The van der Waals surface area contributed by atoms with Crippen LogP contribution in [0.5, 0.6) is 0 Å². The molecule has 4 nitrogen and oxygen atoms in total. The number of nitrogens with two attached hydrogens (primary N) is 2. The number of aromatic nitrogens is 2. The Morgan fingerprint density at radius 2 is 1.04 bits per heavy atom. The topological polar surface area (TPSA) is 77.8 Å². The molecule has 2 aromatic carbocycles. The first kappa shape index (κ1) is 16.7. The van der Waals surface area contributed by atoms with E-state index >= 15 is 0 Å². The van der Waals surface area contributed by atoms with Crippen LogP contribution in [0.15, 0.2) is 58.3 Å². The molecule has 0 fully saturated rings. The number of hydrogen-bond acceptors (Lipinski definition) is 6. The van der Waals surface area contributed by atoms with Gasteiger partial charge >= 0.3 is 0 Å². The summed E-state index contributed by atoms with van der Waals surface area (Å²) in [6.45, 7) is 0. The molecule has 0 atom stereocenters. The van der Waals surface area contributed by atoms with Crippen molar-refractivity contribution >= 4 is 35.2 Å². The van der Waals surface area contributed by atoms with Crippen molar-refractivity contribution < 1.29 is 0 Å². The van der Waals surface area contributed by atoms with E-state index in [4.69, 9.17) is 11.5 Å². The summed E-state index contributed by atoms with van der Waals surface area (Å²) in [5.74, 6) is 0.220. The molecular weight excluding hydrogens is 336 g/mol. The number of nitrogen functional groups attached to an aromatic ring is 2. The average molecular weight is 355 g/mol. The van der Waals surface area contributed by atoms with Crippen LogP contribution in [-0.4, -0.2) is 22.5 Å². The van der Waals surface area contributed by atoms with Gasteiger partial charge in [-0.1, -0.05) is 24.3 Å². The molecule has 4 N–H and O–H groups in total. The van der Waals surface area contributed by atoms with Gasteiger partial charge in [-0.25, -0.2) is 9.97 Å². The fourth-order valence-corrected chi connectivity index (χ4v) is 3.24. The van der Waals surface area contributed by atoms with E-state index in [-0.39, 0.29) is 5.95 Å². The van der Waals surface area contributed by atoms with E-state index in [1.807, 2.05) is 61.0 Å². The van der Waals surface area contributed by atoms with E-state index in [0.29, 0.717) is 17.1 Å². The Morgan fingerprint density at radius 1 is 0.667 bits per heavy atom. The molecule has 0 bridgehead atoms. The van der Waals surface area contributed by atoms with E-state index in [9.17, 15) is 0 Å². The molecule has 0 aliphatic heterocycles. The summed E-state index contributed by atoms with van der Waals surface area (Å²) in [6.07, 6.45) is 4.09. The fourth-order valence-electron chi connectivity index (χ4n) is 2.42. The van der Waals surface area contributed by atoms with Crippen molar-refractivity contribution in [3.05, 3.63) is 48.5 Å². The number of benzene rings is 2. The molecule has 0 radical (unpaired) electrons. The lowest BCUT2D eigenvalue weighted by Crippen LogP contribution is -2.04. The first-order chi connectivity index (χ1) is 11.6. The van der Waals surface area contributed by atoms with Gasteiger partial charge in [-0.05, 0) is 36.8 Å². The highest BCUT2D eigenvalue weighted by Crippen LogP contribution is 2.34. The molecule has 0 amide bonds. The molecule has 0 aliphatic carbocycles. The molecule has 1 heterocycles. The van der Waals surface area contributed by atoms with Crippen molar-refractivity contribution in [3.63, 3.8) is 0 Å². The normalized spacial score (nSPS) is 10.8. The maximum Gasteiger partial charge on any atom is 0.221 e. The van der Waals surface area contributed by atoms with E-state index < -0.39 is 0 Å². The van der Waals surface area contributed by atoms with E-state index in [1.54, 1.807) is 23.5 Å². The van der Waals surface area contributed by atoms with Gasteiger partial charge in [0.15, 0.2) is 0 Å². The number of hydrogen-bond donors (Lipinski definition) is 2. The molecule has 1 aromatic heterocycles. The SMILES string of the molecule is CSc1ccc(-c2nc(N)nc(-c3ccc(SC)cc3)c2N)cc1. The number of anilines is 2. The number of thioether (sulfide) groups is 2. The number of nitrogens with zero attached hydrogens (tertiary/aromatic N) is 2. The smallest absolute Gasteiger partial charge is 0.221 e. The zero-order chi connectivity index (χ0) is 17.1. The van der Waals surface area contributed by atoms with Gasteiger partial charge in [0.1, 0.15) is 0 Å². The fraction of sp³-hybridized carbons (Fsp3) is 0.111. The van der Waals surface area contributed by atoms with Gasteiger partial charge in [-0.2, -0.15) is 0 Å². The van der Waals surface area contributed by atoms with E-state index in [0.717, 1.165) is 11.1 Å². The second-order valence-electron chi connectivity index (χ2n) is 5.15. The summed E-state index contributed by atoms with van der Waals surface area (Å²) in [7, 11) is 0. The standard InChI is InChI=1S/C18H18N4S2/c1-23-13-7-3-11(4-8-13)16-15(19)17(22-18(20)21-16)12-5-9-14(24-2)10-6-12/h3-10H,19H2,1-2H3,(H2,20,21,22). The lowest BCUT2D eigenvalue weighted by atomic mass is 10.1. The maximum atomic E-state index is 6.37. The minimum Gasteiger partial charge on any atom is -0.395 e. The zero-order valence-electron chi connectivity index (χ0n) is 13.5. The van der Waals surface area contributed by atoms with Crippen LogP contribution in [0.4, 0.5) is 11.6 Å². The minimum absolute atomic E-state index is 0.220. The van der Waals surface area contributed by atoms with Gasteiger partial charge in [0.25, 0.3) is 0 Å². The molecule has 0 saturated carbocycles. The van der Waals surface area contributed by atoms with Crippen molar-refractivity contribution in [2.24, 2.45) is 0 Å². The molecule has 24 heavy (non-hydrogen) atoms. The molecule has 0 saturated heterocycles. The quantitative estimate of drug-likeness (QED) is 0.675. The predicted molar refractivity (Wildman–Crippen MR) is 105 cm³/mol. The van der Waals surface area contributed by atoms with Gasteiger partial charge in [-0.3, -0.25) is 0 Å². The highest BCUT2D eigenvalue weighted by atomic mass is 32.2. The maximum absolute atomic E-state index is 6.37. The Hall–Kier alpha value is -2.18. The average Bonchev–Trinajstić information content (AvgIpc) is 2.63. The third kappa shape index (κ3) is 3.34. The van der Waals surface area contributed by atoms with Gasteiger partial charge in [0.05, 0.1) is 17.1 Å². The highest BCUT2D eigenvalue weighted by Gasteiger charge is 2.14. The summed E-state index contributed by atoms with van der Waals surface area (Å²) in [4.78, 5) is 11.1. The van der Waals surface area contributed by atoms with Crippen LogP contribution in [0.1, 0.15) is 0 Å². The largest absolute Gasteiger partial charge is 0.395 e. The lowest BCUT2D eigenvalue weighted by molar-refractivity contribution is 1.19. The Bertz CT molecular complexity index is 777. The van der Waals surface area contributed by atoms with Crippen LogP contribution in [-0.2, 0) is 0 Å². The third-order valence-corrected chi connectivity index (χ3v) is 5.18. The molecular formula is C18H18N4S2. The summed E-state index contributed by atoms with van der Waals surface area (Å²) in [6, 6.07) is 16.2. The highest BCUT2D eigenvalue weighted by molar-refractivity contribution is 7.98. The summed E-state index contributed by atoms with van der Waals surface area (Å²) in [5, 5.41) is 0. The Kier molecular flexibility index (Phi) is 4.97. The summed E-state index contributed by atoms with van der Waals surface area (Å²) >= 11 is 3.39. The molecule has 3 aromatic rings. The monoisotopic (exact) mass is 354 g/mol. The lowest BCUT2D eigenvalue weighted by Gasteiger charge is -2.12. The summed E-state index contributed by atoms with van der Waals surface area (Å²) in [5.41, 5.74) is 16.0. The van der Waals surface area contributed by atoms with Crippen LogP contribution in [0.25, 0.3) is 22.5 Å². The second kappa shape index (κ2) is 7.15. The van der Waals surface area contributed by atoms with Crippen LogP contribution in [0, 0.1) is 0 Å². The molecule has 0 spiro atoms. The zero-order valence-corrected chi connectivity index (χ0v) is 15.1. The minimum atomic E-state index is 0.220. The van der Waals surface area contributed by atoms with E-state index in [2.05, 4.69) is 9.97 Å². The van der Waals surface area contributed by atoms with Gasteiger partial charge in [0.2, 0.25) is 5.95 Å². The first-order valence-electron chi connectivity index (χ1n) is 7.34. The predicted octanol–water partition coefficient (Wildman–Crippen LogP) is 4.42. The Labute approximate surface area is 150 Å². The molecule has 6 heteroatoms. The van der Waals surface area contributed by atoms with Crippen LogP contribution in [0.2, 0.25) is 0 Å². The van der Waals surface area contributed by atoms with Crippen molar-refractivity contribution in [2.75, 3.05) is 24.0 Å². The van der Waals surface area contributed by atoms with Gasteiger partial charge in [0, 0.05) is 20.9 Å². The van der Waals surface area contributed by atoms with Gasteiger partial charge in [-0.15, -0.1) is 23.5 Å². The first-order valence-corrected chi connectivity index (χ1v) is 9.79. The van der Waals surface area contributed by atoms with E-state index in [1.165, 1.54) is 9.79 Å². The van der Waals surface area contributed by atoms with Crippen molar-refractivity contribution in [2.45, 2.75) is 9.79 Å². The molecule has 0 aliphatic rings. The van der Waals surface area contributed by atoms with Crippen LogP contribution < -0.4 is 11.5 Å². The molecule has 122 valence electrons. The molecule has 3 rings (SSSR count).